The van der Waals surface area contributed by atoms with E-state index in [-0.39, 0.29) is 0 Å². The second-order valence-corrected chi connectivity index (χ2v) is 17.6. The Bertz CT molecular complexity index is 3880. The summed E-state index contributed by atoms with van der Waals surface area (Å²) in [6, 6.07) is 94.1. The number of hydrogen-bond donors (Lipinski definition) is 0. The summed E-state index contributed by atoms with van der Waals surface area (Å²) < 4.78 is 4.75. The third-order valence-corrected chi connectivity index (χ3v) is 13.5. The Morgan fingerprint density at radius 1 is 0.206 bits per heavy atom. The predicted molar refractivity (Wildman–Crippen MR) is 286 cm³/mol. The van der Waals surface area contributed by atoms with Gasteiger partial charge in [-0.15, -0.1) is 0 Å². The molecule has 0 aliphatic carbocycles. The fourth-order valence-electron chi connectivity index (χ4n) is 10.2. The van der Waals surface area contributed by atoms with E-state index < -0.39 is 0 Å². The number of para-hydroxylation sites is 4. The van der Waals surface area contributed by atoms with Crippen LogP contribution in [0, 0.1) is 0 Å². The zero-order valence-corrected chi connectivity index (χ0v) is 37.2. The normalized spacial score (nSPS) is 11.5. The van der Waals surface area contributed by atoms with E-state index in [4.69, 9.17) is 4.98 Å². The Labute approximate surface area is 395 Å². The van der Waals surface area contributed by atoms with Crippen LogP contribution in [0.1, 0.15) is 0 Å². The lowest BCUT2D eigenvalue weighted by molar-refractivity contribution is 1.18. The number of nitrogens with zero attached hydrogens (tertiary/aromatic N) is 3. The van der Waals surface area contributed by atoms with Crippen LogP contribution in [0.5, 0.6) is 0 Å². The molecule has 0 N–H and O–H groups in total. The van der Waals surface area contributed by atoms with Crippen LogP contribution in [0.15, 0.2) is 261 Å². The molecule has 13 rings (SSSR count). The third kappa shape index (κ3) is 6.88. The minimum absolute atomic E-state index is 0.924. The van der Waals surface area contributed by atoms with Crippen LogP contribution in [-0.2, 0) is 0 Å². The van der Waals surface area contributed by atoms with Gasteiger partial charge in [-0.25, -0.2) is 4.98 Å². The predicted octanol–water partition coefficient (Wildman–Crippen LogP) is 17.3. The molecule has 0 radical (unpaired) electrons. The van der Waals surface area contributed by atoms with E-state index in [1.807, 2.05) is 0 Å². The summed E-state index contributed by atoms with van der Waals surface area (Å²) >= 11 is 0. The first-order valence-electron chi connectivity index (χ1n) is 23.3. The first-order chi connectivity index (χ1) is 33.7. The maximum absolute atomic E-state index is 5.39. The molecule has 0 fully saturated rings. The van der Waals surface area contributed by atoms with Crippen molar-refractivity contribution in [1.82, 2.24) is 14.1 Å². The van der Waals surface area contributed by atoms with E-state index >= 15 is 0 Å². The van der Waals surface area contributed by atoms with Crippen molar-refractivity contribution in [2.24, 2.45) is 0 Å². The number of pyridine rings is 1. The van der Waals surface area contributed by atoms with Crippen molar-refractivity contribution in [2.75, 3.05) is 0 Å². The van der Waals surface area contributed by atoms with Crippen LogP contribution < -0.4 is 0 Å². The molecule has 13 aromatic rings. The lowest BCUT2D eigenvalue weighted by Crippen LogP contribution is -1.95. The van der Waals surface area contributed by atoms with Crippen LogP contribution in [0.4, 0.5) is 0 Å². The summed E-state index contributed by atoms with van der Waals surface area (Å²) in [6.07, 6.45) is 0. The molecule has 3 heteroatoms. The van der Waals surface area contributed by atoms with E-state index in [2.05, 4.69) is 270 Å². The highest BCUT2D eigenvalue weighted by molar-refractivity contribution is 6.10. The Hall–Kier alpha value is -9.05. The largest absolute Gasteiger partial charge is 0.309 e. The number of aromatic nitrogens is 3. The second kappa shape index (κ2) is 16.4. The van der Waals surface area contributed by atoms with Crippen molar-refractivity contribution in [3.8, 4) is 78.4 Å². The third-order valence-electron chi connectivity index (χ3n) is 13.5. The van der Waals surface area contributed by atoms with Gasteiger partial charge in [0.2, 0.25) is 0 Å². The highest BCUT2D eigenvalue weighted by Gasteiger charge is 2.16. The molecule has 0 amide bonds. The molecule has 318 valence electrons. The van der Waals surface area contributed by atoms with Gasteiger partial charge in [-0.3, -0.25) is 0 Å². The van der Waals surface area contributed by atoms with Crippen molar-refractivity contribution in [2.45, 2.75) is 0 Å². The molecule has 0 saturated carbocycles. The van der Waals surface area contributed by atoms with Crippen molar-refractivity contribution in [3.05, 3.63) is 261 Å². The number of benzene rings is 10. The molecule has 10 aromatic carbocycles. The van der Waals surface area contributed by atoms with Crippen molar-refractivity contribution in [1.29, 1.82) is 0 Å². The fourth-order valence-corrected chi connectivity index (χ4v) is 10.2. The average Bonchev–Trinajstić information content (AvgIpc) is 3.94. The molecule has 0 unspecified atom stereocenters. The van der Waals surface area contributed by atoms with Gasteiger partial charge in [0.25, 0.3) is 0 Å². The SMILES string of the molecule is c1ccc(-c2cccc(-c3ccc(-c4cc(-c5cccc(-n6c7ccccc7c7ccccc76)c5)cc(-c5ccc(-c6ccc(-n7c8ccccc8c8ccccc87)cc6)cc5)n4)cc3)c2)cc1. The monoisotopic (exact) mass is 865 g/mol. The molecule has 0 aliphatic rings. The number of rotatable bonds is 8. The quantitative estimate of drug-likeness (QED) is 0.149. The first-order valence-corrected chi connectivity index (χ1v) is 23.3. The Kier molecular flexibility index (Phi) is 9.50. The molecular formula is C65H43N3. The second-order valence-electron chi connectivity index (χ2n) is 17.6. The summed E-state index contributed by atoms with van der Waals surface area (Å²) in [7, 11) is 0. The lowest BCUT2D eigenvalue weighted by Gasteiger charge is -2.14. The molecular weight excluding hydrogens is 823 g/mol. The molecule has 3 heterocycles. The van der Waals surface area contributed by atoms with E-state index in [0.29, 0.717) is 0 Å². The minimum atomic E-state index is 0.924. The van der Waals surface area contributed by atoms with Gasteiger partial charge >= 0.3 is 0 Å². The van der Waals surface area contributed by atoms with Gasteiger partial charge < -0.3 is 9.13 Å². The van der Waals surface area contributed by atoms with E-state index in [1.54, 1.807) is 0 Å². The van der Waals surface area contributed by atoms with Gasteiger partial charge in [0.15, 0.2) is 0 Å². The Morgan fingerprint density at radius 2 is 0.544 bits per heavy atom. The van der Waals surface area contributed by atoms with Crippen LogP contribution in [0.3, 0.4) is 0 Å². The molecule has 0 atom stereocenters. The standard InChI is InChI=1S/C65H43N3/c1-2-14-44(15-3-1)50-16-12-17-51(40-50)47-30-34-49(35-31-47)61-43-53(52-18-13-19-55(41-52)68-64-26-10-6-22-58(64)59-23-7-11-27-65(59)68)42-60(66-61)48-32-28-45(29-33-48)46-36-38-54(39-37-46)67-62-24-8-4-20-56(62)57-21-5-9-25-63(57)67/h1-43H. The summed E-state index contributed by atoms with van der Waals surface area (Å²) in [6.45, 7) is 0. The number of hydrogen-bond acceptors (Lipinski definition) is 1. The zero-order valence-electron chi connectivity index (χ0n) is 37.2. The van der Waals surface area contributed by atoms with Crippen LogP contribution in [-0.4, -0.2) is 14.1 Å². The lowest BCUT2D eigenvalue weighted by atomic mass is 9.96. The fraction of sp³-hybridized carbons (Fsp3) is 0. The molecule has 0 bridgehead atoms. The zero-order chi connectivity index (χ0) is 45.0. The molecule has 0 aliphatic heterocycles. The molecule has 0 spiro atoms. The van der Waals surface area contributed by atoms with Crippen molar-refractivity contribution in [3.63, 3.8) is 0 Å². The van der Waals surface area contributed by atoms with Crippen LogP contribution in [0.2, 0.25) is 0 Å². The van der Waals surface area contributed by atoms with Gasteiger partial charge in [-0.1, -0.05) is 194 Å². The molecule has 68 heavy (non-hydrogen) atoms. The highest BCUT2D eigenvalue weighted by Crippen LogP contribution is 2.38. The number of fused-ring (bicyclic) bond motifs is 6. The Balaban J connectivity index is 0.879. The topological polar surface area (TPSA) is 22.8 Å². The molecule has 3 aromatic heterocycles. The maximum atomic E-state index is 5.39. The Morgan fingerprint density at radius 3 is 1.03 bits per heavy atom. The van der Waals surface area contributed by atoms with Crippen molar-refractivity contribution >= 4 is 43.6 Å². The first kappa shape index (κ1) is 39.3. The maximum Gasteiger partial charge on any atom is 0.0715 e. The van der Waals surface area contributed by atoms with E-state index in [0.717, 1.165) is 50.6 Å². The summed E-state index contributed by atoms with van der Waals surface area (Å²) in [4.78, 5) is 5.39. The summed E-state index contributed by atoms with van der Waals surface area (Å²) in [5, 5.41) is 5.03. The minimum Gasteiger partial charge on any atom is -0.309 e. The smallest absolute Gasteiger partial charge is 0.0715 e. The van der Waals surface area contributed by atoms with Gasteiger partial charge in [-0.2, -0.15) is 0 Å². The molecule has 3 nitrogen and oxygen atoms in total. The van der Waals surface area contributed by atoms with Crippen molar-refractivity contribution < 1.29 is 0 Å². The van der Waals surface area contributed by atoms with Gasteiger partial charge in [0, 0.05) is 44.0 Å². The molecule has 0 saturated heterocycles. The van der Waals surface area contributed by atoms with E-state index in [1.165, 1.54) is 71.4 Å². The van der Waals surface area contributed by atoms with Crippen LogP contribution in [0.25, 0.3) is 122 Å². The van der Waals surface area contributed by atoms with Gasteiger partial charge in [-0.05, 0) is 111 Å². The summed E-state index contributed by atoms with van der Waals surface area (Å²) in [5.74, 6) is 0. The van der Waals surface area contributed by atoms with E-state index in [9.17, 15) is 0 Å². The highest BCUT2D eigenvalue weighted by atomic mass is 15.0. The van der Waals surface area contributed by atoms with Gasteiger partial charge in [0.05, 0.1) is 33.5 Å². The van der Waals surface area contributed by atoms with Gasteiger partial charge in [0.1, 0.15) is 0 Å². The average molecular weight is 866 g/mol. The van der Waals surface area contributed by atoms with Crippen LogP contribution >= 0.6 is 0 Å². The summed E-state index contributed by atoms with van der Waals surface area (Å²) in [5.41, 5.74) is 20.4.